The fraction of sp³-hybridized carbons (Fsp3) is 0.368. The Balaban J connectivity index is 1.45. The van der Waals surface area contributed by atoms with E-state index in [2.05, 4.69) is 10.5 Å². The van der Waals surface area contributed by atoms with Crippen molar-refractivity contribution in [1.29, 1.82) is 0 Å². The molecule has 0 bridgehead atoms. The van der Waals surface area contributed by atoms with Gasteiger partial charge in [0.1, 0.15) is 11.8 Å². The van der Waals surface area contributed by atoms with Gasteiger partial charge < -0.3 is 9.64 Å². The quantitative estimate of drug-likeness (QED) is 0.744. The molecular weight excluding hydrogens is 402 g/mol. The van der Waals surface area contributed by atoms with Crippen molar-refractivity contribution in [2.45, 2.75) is 11.1 Å². The highest BCUT2D eigenvalue weighted by atomic mass is 32.2. The van der Waals surface area contributed by atoms with Crippen molar-refractivity contribution in [3.05, 3.63) is 48.2 Å². The predicted molar refractivity (Wildman–Crippen MR) is 105 cm³/mol. The summed E-state index contributed by atoms with van der Waals surface area (Å²) in [6.07, 6.45) is 0.680. The van der Waals surface area contributed by atoms with Crippen LogP contribution in [0.3, 0.4) is 0 Å². The minimum Gasteiger partial charge on any atom is -0.443 e. The highest BCUT2D eigenvalue weighted by Gasteiger charge is 2.33. The summed E-state index contributed by atoms with van der Waals surface area (Å²) in [6.45, 7) is 1.76. The van der Waals surface area contributed by atoms with Crippen LogP contribution in [-0.4, -0.2) is 55.7 Å². The molecule has 154 valence electrons. The summed E-state index contributed by atoms with van der Waals surface area (Å²) in [4.78, 5) is 24.4. The number of rotatable bonds is 5. The summed E-state index contributed by atoms with van der Waals surface area (Å²) in [5.41, 5.74) is 2.74. The molecule has 2 saturated heterocycles. The molecule has 0 spiro atoms. The van der Waals surface area contributed by atoms with Crippen LogP contribution in [0.15, 0.2) is 41.6 Å². The number of benzene rings is 1. The Morgan fingerprint density at radius 2 is 2.07 bits per heavy atom. The van der Waals surface area contributed by atoms with E-state index in [0.717, 1.165) is 5.03 Å². The SMILES string of the molecule is O=C1O[C@@H](CSc2ccccn2)CN1c1cc(F)c(N2CCNOCC2)c(F)c1. The molecular formula is C19H20F2N4O3S. The van der Waals surface area contributed by atoms with Gasteiger partial charge >= 0.3 is 6.09 Å². The van der Waals surface area contributed by atoms with Gasteiger partial charge in [-0.05, 0) is 12.1 Å². The molecule has 2 aliphatic rings. The summed E-state index contributed by atoms with van der Waals surface area (Å²) in [5, 5.41) is 0.819. The first-order chi connectivity index (χ1) is 14.1. The zero-order chi connectivity index (χ0) is 20.2. The molecule has 2 aliphatic heterocycles. The Kier molecular flexibility index (Phi) is 6.12. The Hall–Kier alpha value is -2.43. The number of anilines is 2. The Labute approximate surface area is 170 Å². The largest absolute Gasteiger partial charge is 0.443 e. The molecule has 1 aromatic heterocycles. The molecule has 0 aliphatic carbocycles. The van der Waals surface area contributed by atoms with Crippen molar-refractivity contribution in [3.63, 3.8) is 0 Å². The molecule has 2 aromatic rings. The van der Waals surface area contributed by atoms with Crippen molar-refractivity contribution < 1.29 is 23.1 Å². The number of pyridine rings is 1. The third-order valence-electron chi connectivity index (χ3n) is 4.61. The van der Waals surface area contributed by atoms with Gasteiger partial charge in [0.25, 0.3) is 0 Å². The lowest BCUT2D eigenvalue weighted by Gasteiger charge is -2.24. The first-order valence-electron chi connectivity index (χ1n) is 9.22. The van der Waals surface area contributed by atoms with Gasteiger partial charge in [0, 0.05) is 43.7 Å². The van der Waals surface area contributed by atoms with Gasteiger partial charge in [-0.1, -0.05) is 6.07 Å². The molecule has 29 heavy (non-hydrogen) atoms. The summed E-state index contributed by atoms with van der Waals surface area (Å²) in [6, 6.07) is 7.91. The Bertz CT molecular complexity index is 843. The highest BCUT2D eigenvalue weighted by Crippen LogP contribution is 2.32. The first-order valence-corrected chi connectivity index (χ1v) is 10.2. The first kappa shape index (κ1) is 19.9. The van der Waals surface area contributed by atoms with E-state index < -0.39 is 23.8 Å². The summed E-state index contributed by atoms with van der Waals surface area (Å²) >= 11 is 1.46. The van der Waals surface area contributed by atoms with Crippen molar-refractivity contribution in [1.82, 2.24) is 10.5 Å². The van der Waals surface area contributed by atoms with Gasteiger partial charge in [0.15, 0.2) is 11.6 Å². The van der Waals surface area contributed by atoms with Crippen molar-refractivity contribution in [2.24, 2.45) is 0 Å². The van der Waals surface area contributed by atoms with Gasteiger partial charge in [0.05, 0.1) is 23.9 Å². The molecule has 10 heteroatoms. The second-order valence-corrected chi connectivity index (χ2v) is 7.62. The van der Waals surface area contributed by atoms with Gasteiger partial charge in [-0.25, -0.2) is 24.0 Å². The second-order valence-electron chi connectivity index (χ2n) is 6.58. The van der Waals surface area contributed by atoms with Crippen LogP contribution >= 0.6 is 11.8 Å². The molecule has 1 amide bonds. The normalized spacial score (nSPS) is 19.9. The lowest BCUT2D eigenvalue weighted by molar-refractivity contribution is 0.0589. The number of hydroxylamine groups is 1. The average molecular weight is 422 g/mol. The van der Waals surface area contributed by atoms with Crippen LogP contribution in [-0.2, 0) is 9.57 Å². The van der Waals surface area contributed by atoms with Crippen molar-refractivity contribution >= 4 is 29.2 Å². The fourth-order valence-corrected chi connectivity index (χ4v) is 4.10. The summed E-state index contributed by atoms with van der Waals surface area (Å²) in [7, 11) is 0. The number of nitrogens with one attached hydrogen (secondary N) is 1. The number of hydrogen-bond acceptors (Lipinski definition) is 7. The molecule has 0 saturated carbocycles. The van der Waals surface area contributed by atoms with Crippen molar-refractivity contribution in [2.75, 3.05) is 48.3 Å². The zero-order valence-electron chi connectivity index (χ0n) is 15.5. The number of carbonyl (C=O) groups is 1. The van der Waals surface area contributed by atoms with E-state index in [-0.39, 0.29) is 17.9 Å². The number of aromatic nitrogens is 1. The van der Waals surface area contributed by atoms with Crippen molar-refractivity contribution in [3.8, 4) is 0 Å². The van der Waals surface area contributed by atoms with Gasteiger partial charge in [0.2, 0.25) is 0 Å². The van der Waals surface area contributed by atoms with Crippen LogP contribution in [0.1, 0.15) is 0 Å². The maximum atomic E-state index is 14.7. The number of thioether (sulfide) groups is 1. The van der Waals surface area contributed by atoms with E-state index in [4.69, 9.17) is 9.57 Å². The van der Waals surface area contributed by atoms with Gasteiger partial charge in [-0.3, -0.25) is 9.74 Å². The fourth-order valence-electron chi connectivity index (χ4n) is 3.26. The molecule has 0 radical (unpaired) electrons. The molecule has 7 nitrogen and oxygen atoms in total. The van der Waals surface area contributed by atoms with Gasteiger partial charge in [-0.15, -0.1) is 11.8 Å². The van der Waals surface area contributed by atoms with Crippen LogP contribution in [0.5, 0.6) is 0 Å². The lowest BCUT2D eigenvalue weighted by atomic mass is 10.2. The monoisotopic (exact) mass is 422 g/mol. The van der Waals surface area contributed by atoms with Crippen LogP contribution in [0.4, 0.5) is 25.0 Å². The topological polar surface area (TPSA) is 66.9 Å². The van der Waals surface area contributed by atoms with E-state index in [9.17, 15) is 13.6 Å². The van der Waals surface area contributed by atoms with E-state index in [1.54, 1.807) is 11.1 Å². The standard InChI is InChI=1S/C19H20F2N4O3S/c20-15-9-13(10-16(21)18(15)24-6-5-23-27-8-7-24)25-11-14(28-19(25)26)12-29-17-3-1-2-4-22-17/h1-4,9-10,14,23H,5-8,11-12H2/t14-/m1/s1. The summed E-state index contributed by atoms with van der Waals surface area (Å²) in [5.74, 6) is -0.940. The molecule has 4 rings (SSSR count). The Morgan fingerprint density at radius 3 is 2.83 bits per heavy atom. The number of halogens is 2. The number of amides is 1. The number of carbonyl (C=O) groups excluding carboxylic acids is 1. The molecule has 2 fully saturated rings. The number of nitrogens with zero attached hydrogens (tertiary/aromatic N) is 3. The average Bonchev–Trinajstić information content (AvgIpc) is 2.89. The van der Waals surface area contributed by atoms with E-state index in [1.165, 1.54) is 28.8 Å². The molecule has 1 aromatic carbocycles. The predicted octanol–water partition coefficient (Wildman–Crippen LogP) is 2.82. The van der Waals surface area contributed by atoms with Crippen LogP contribution in [0.25, 0.3) is 0 Å². The Morgan fingerprint density at radius 1 is 1.24 bits per heavy atom. The lowest BCUT2D eigenvalue weighted by Crippen LogP contribution is -2.31. The number of hydrogen-bond donors (Lipinski definition) is 1. The molecule has 0 unspecified atom stereocenters. The third kappa shape index (κ3) is 4.60. The minimum atomic E-state index is -0.721. The van der Waals surface area contributed by atoms with E-state index in [1.807, 2.05) is 18.2 Å². The summed E-state index contributed by atoms with van der Waals surface area (Å²) < 4.78 is 34.8. The maximum absolute atomic E-state index is 14.7. The number of cyclic esters (lactones) is 1. The third-order valence-corrected chi connectivity index (χ3v) is 5.68. The van der Waals surface area contributed by atoms with E-state index >= 15 is 0 Å². The van der Waals surface area contributed by atoms with Crippen LogP contribution < -0.4 is 15.3 Å². The number of ether oxygens (including phenoxy) is 1. The molecule has 1 atom stereocenters. The second kappa shape index (κ2) is 8.93. The molecule has 1 N–H and O–H groups in total. The smallest absolute Gasteiger partial charge is 0.414 e. The maximum Gasteiger partial charge on any atom is 0.414 e. The van der Waals surface area contributed by atoms with Crippen LogP contribution in [0.2, 0.25) is 0 Å². The van der Waals surface area contributed by atoms with E-state index in [0.29, 0.717) is 32.0 Å². The molecule has 3 heterocycles. The highest BCUT2D eigenvalue weighted by molar-refractivity contribution is 7.99. The minimum absolute atomic E-state index is 0.115. The van der Waals surface area contributed by atoms with Gasteiger partial charge in [-0.2, -0.15) is 0 Å². The zero-order valence-corrected chi connectivity index (χ0v) is 16.3. The van der Waals surface area contributed by atoms with Crippen LogP contribution in [0, 0.1) is 11.6 Å².